The quantitative estimate of drug-likeness (QED) is 0.481. The molecular formula is C17H25Cl2N3O5S. The maximum Gasteiger partial charge on any atom is 0.319 e. The Morgan fingerprint density at radius 2 is 1.93 bits per heavy atom. The first-order valence-electron chi connectivity index (χ1n) is 8.99. The molecule has 158 valence electrons. The molecule has 0 bridgehead atoms. The molecule has 3 atom stereocenters. The van der Waals surface area contributed by atoms with Gasteiger partial charge in [-0.05, 0) is 44.4 Å². The molecule has 0 unspecified atom stereocenters. The fourth-order valence-corrected chi connectivity index (χ4v) is 4.11. The van der Waals surface area contributed by atoms with Gasteiger partial charge in [-0.25, -0.2) is 17.9 Å². The van der Waals surface area contributed by atoms with Gasteiger partial charge in [0.2, 0.25) is 10.0 Å². The minimum Gasteiger partial charge on any atom is -0.394 e. The summed E-state index contributed by atoms with van der Waals surface area (Å²) in [7, 11) is -3.24. The Morgan fingerprint density at radius 3 is 2.54 bits per heavy atom. The third-order valence-electron chi connectivity index (χ3n) is 4.40. The molecular weight excluding hydrogens is 429 g/mol. The number of aliphatic hydroxyl groups is 1. The van der Waals surface area contributed by atoms with Crippen molar-refractivity contribution in [3.63, 3.8) is 0 Å². The lowest BCUT2D eigenvalue weighted by Gasteiger charge is -2.36. The van der Waals surface area contributed by atoms with Crippen LogP contribution in [0.1, 0.15) is 26.2 Å². The maximum atomic E-state index is 12.2. The zero-order valence-corrected chi connectivity index (χ0v) is 17.8. The summed E-state index contributed by atoms with van der Waals surface area (Å²) in [6.07, 6.45) is 0.966. The topological polar surface area (TPSA) is 117 Å². The first-order chi connectivity index (χ1) is 13.2. The number of carbonyl (C=O) groups is 1. The molecule has 1 aliphatic heterocycles. The minimum atomic E-state index is -3.24. The lowest BCUT2D eigenvalue weighted by atomic mass is 9.97. The number of ether oxygens (including phenoxy) is 1. The van der Waals surface area contributed by atoms with Crippen LogP contribution in [0.3, 0.4) is 0 Å². The number of anilines is 1. The summed E-state index contributed by atoms with van der Waals surface area (Å²) >= 11 is 11.8. The Balaban J connectivity index is 1.83. The molecule has 1 aromatic carbocycles. The molecule has 0 radical (unpaired) electrons. The SMILES string of the molecule is CCS(=O)(=O)NCC[C@H]1CC[C@H](NC(=O)Nc2cc(Cl)cc(Cl)c2)[C@H](CO)O1. The Hall–Kier alpha value is -1.10. The predicted octanol–water partition coefficient (Wildman–Crippen LogP) is 2.35. The fraction of sp³-hybridized carbons (Fsp3) is 0.588. The Bertz CT molecular complexity index is 758. The largest absolute Gasteiger partial charge is 0.394 e. The highest BCUT2D eigenvalue weighted by Crippen LogP contribution is 2.24. The van der Waals surface area contributed by atoms with Crippen LogP contribution in [0.4, 0.5) is 10.5 Å². The first-order valence-corrected chi connectivity index (χ1v) is 11.4. The highest BCUT2D eigenvalue weighted by atomic mass is 35.5. The standard InChI is InChI=1S/C17H25Cl2N3O5S/c1-2-28(25,26)20-6-5-14-3-4-15(16(10-23)27-14)22-17(24)21-13-8-11(18)7-12(19)9-13/h7-9,14-16,20,23H,2-6,10H2,1H3,(H2,21,22,24)/t14-,15+,16+/m1/s1. The van der Waals surface area contributed by atoms with Crippen molar-refractivity contribution in [3.05, 3.63) is 28.2 Å². The summed E-state index contributed by atoms with van der Waals surface area (Å²) in [6, 6.07) is 3.87. The van der Waals surface area contributed by atoms with Crippen molar-refractivity contribution in [2.75, 3.05) is 24.2 Å². The summed E-state index contributed by atoms with van der Waals surface area (Å²) in [5, 5.41) is 15.8. The van der Waals surface area contributed by atoms with E-state index in [2.05, 4.69) is 15.4 Å². The van der Waals surface area contributed by atoms with Gasteiger partial charge < -0.3 is 20.5 Å². The van der Waals surface area contributed by atoms with Crippen molar-refractivity contribution < 1.29 is 23.1 Å². The van der Waals surface area contributed by atoms with Gasteiger partial charge >= 0.3 is 6.03 Å². The zero-order chi connectivity index (χ0) is 20.7. The summed E-state index contributed by atoms with van der Waals surface area (Å²) in [6.45, 7) is 1.58. The number of sulfonamides is 1. The van der Waals surface area contributed by atoms with Crippen molar-refractivity contribution >= 4 is 44.9 Å². The molecule has 28 heavy (non-hydrogen) atoms. The molecule has 0 aromatic heterocycles. The molecule has 8 nitrogen and oxygen atoms in total. The van der Waals surface area contributed by atoms with Crippen molar-refractivity contribution in [1.82, 2.24) is 10.0 Å². The molecule has 1 fully saturated rings. The molecule has 0 saturated carbocycles. The van der Waals surface area contributed by atoms with Crippen LogP contribution in [0.15, 0.2) is 18.2 Å². The van der Waals surface area contributed by atoms with Gasteiger partial charge in [-0.3, -0.25) is 0 Å². The predicted molar refractivity (Wildman–Crippen MR) is 109 cm³/mol. The second-order valence-corrected chi connectivity index (χ2v) is 9.47. The third kappa shape index (κ3) is 7.38. The van der Waals surface area contributed by atoms with E-state index in [4.69, 9.17) is 27.9 Å². The monoisotopic (exact) mass is 453 g/mol. The number of amides is 2. The van der Waals surface area contributed by atoms with Gasteiger partial charge in [0.25, 0.3) is 0 Å². The lowest BCUT2D eigenvalue weighted by Crippen LogP contribution is -2.52. The van der Waals surface area contributed by atoms with Crippen LogP contribution in [-0.2, 0) is 14.8 Å². The smallest absolute Gasteiger partial charge is 0.319 e. The van der Waals surface area contributed by atoms with Gasteiger partial charge in [0, 0.05) is 22.3 Å². The van der Waals surface area contributed by atoms with Crippen LogP contribution in [0, 0.1) is 0 Å². The van der Waals surface area contributed by atoms with Crippen LogP contribution >= 0.6 is 23.2 Å². The van der Waals surface area contributed by atoms with Gasteiger partial charge in [-0.15, -0.1) is 0 Å². The number of halogens is 2. The van der Waals surface area contributed by atoms with Crippen molar-refractivity contribution in [2.45, 2.75) is 44.4 Å². The second-order valence-electron chi connectivity index (χ2n) is 6.51. The minimum absolute atomic E-state index is 0.0245. The molecule has 11 heteroatoms. The summed E-state index contributed by atoms with van der Waals surface area (Å²) in [4.78, 5) is 12.2. The van der Waals surface area contributed by atoms with E-state index < -0.39 is 22.2 Å². The van der Waals surface area contributed by atoms with Crippen molar-refractivity contribution in [2.24, 2.45) is 0 Å². The first kappa shape index (κ1) is 23.2. The number of nitrogens with one attached hydrogen (secondary N) is 3. The summed E-state index contributed by atoms with van der Waals surface area (Å²) < 4.78 is 31.2. The van der Waals surface area contributed by atoms with E-state index in [1.807, 2.05) is 0 Å². The average Bonchev–Trinajstić information content (AvgIpc) is 2.61. The molecule has 1 aliphatic rings. The van der Waals surface area contributed by atoms with Crippen molar-refractivity contribution in [1.29, 1.82) is 0 Å². The number of urea groups is 1. The molecule has 0 aliphatic carbocycles. The number of benzene rings is 1. The van der Waals surface area contributed by atoms with E-state index in [0.717, 1.165) is 0 Å². The number of carbonyl (C=O) groups excluding carboxylic acids is 1. The summed E-state index contributed by atoms with van der Waals surface area (Å²) in [5.74, 6) is 0.0245. The van der Waals surface area contributed by atoms with Crippen LogP contribution < -0.4 is 15.4 Å². The van der Waals surface area contributed by atoms with Gasteiger partial charge in [0.15, 0.2) is 0 Å². The van der Waals surface area contributed by atoms with E-state index in [1.165, 1.54) is 0 Å². The Kier molecular flexibility index (Phi) is 8.79. The molecule has 1 aromatic rings. The van der Waals surface area contributed by atoms with Crippen LogP contribution in [-0.4, -0.2) is 56.7 Å². The Morgan fingerprint density at radius 1 is 1.25 bits per heavy atom. The highest BCUT2D eigenvalue weighted by molar-refractivity contribution is 7.89. The number of hydrogen-bond acceptors (Lipinski definition) is 5. The third-order valence-corrected chi connectivity index (χ3v) is 6.24. The van der Waals surface area contributed by atoms with Crippen LogP contribution in [0.2, 0.25) is 10.0 Å². The lowest BCUT2D eigenvalue weighted by molar-refractivity contribution is -0.0884. The van der Waals surface area contributed by atoms with Gasteiger partial charge in [-0.1, -0.05) is 23.2 Å². The fourth-order valence-electron chi connectivity index (χ4n) is 2.95. The van der Waals surface area contributed by atoms with Crippen molar-refractivity contribution in [3.8, 4) is 0 Å². The van der Waals surface area contributed by atoms with E-state index >= 15 is 0 Å². The van der Waals surface area contributed by atoms with Crippen LogP contribution in [0.5, 0.6) is 0 Å². The van der Waals surface area contributed by atoms with Gasteiger partial charge in [-0.2, -0.15) is 0 Å². The average molecular weight is 454 g/mol. The second kappa shape index (κ2) is 10.6. The molecule has 2 rings (SSSR count). The molecule has 4 N–H and O–H groups in total. The number of rotatable bonds is 8. The zero-order valence-electron chi connectivity index (χ0n) is 15.5. The van der Waals surface area contributed by atoms with Crippen LogP contribution in [0.25, 0.3) is 0 Å². The Labute approximate surface area is 175 Å². The van der Waals surface area contributed by atoms with E-state index in [9.17, 15) is 18.3 Å². The number of hydrogen-bond donors (Lipinski definition) is 4. The molecule has 1 saturated heterocycles. The van der Waals surface area contributed by atoms with E-state index in [-0.39, 0.29) is 31.1 Å². The number of aliphatic hydroxyl groups excluding tert-OH is 1. The van der Waals surface area contributed by atoms with Gasteiger partial charge in [0.05, 0.1) is 24.5 Å². The van der Waals surface area contributed by atoms with E-state index in [1.54, 1.807) is 25.1 Å². The molecule has 0 spiro atoms. The maximum absolute atomic E-state index is 12.2. The van der Waals surface area contributed by atoms with E-state index in [0.29, 0.717) is 35.0 Å². The highest BCUT2D eigenvalue weighted by Gasteiger charge is 2.31. The summed E-state index contributed by atoms with van der Waals surface area (Å²) in [5.41, 5.74) is 0.452. The molecule has 2 amide bonds. The normalized spacial score (nSPS) is 22.6. The van der Waals surface area contributed by atoms with Gasteiger partial charge in [0.1, 0.15) is 6.10 Å². The molecule has 1 heterocycles.